The average Bonchev–Trinajstić information content (AvgIpc) is 2.77. The molecule has 1 heterocycles. The van der Waals surface area contributed by atoms with Gasteiger partial charge in [-0.2, -0.15) is 0 Å². The van der Waals surface area contributed by atoms with E-state index in [1.165, 1.54) is 6.42 Å². The molecule has 2 unspecified atom stereocenters. The van der Waals surface area contributed by atoms with Crippen molar-refractivity contribution < 1.29 is 9.84 Å². The molecule has 0 saturated carbocycles. The standard InChI is InChI=1S/C15H24N2O2/c1-12-7-9-17(15(12)11-18)8-2-10-19-14-5-3-13(16)4-6-14/h3-6,12,15,18H,2,7-11,16H2,1H3. The van der Waals surface area contributed by atoms with Crippen LogP contribution in [0.15, 0.2) is 24.3 Å². The van der Waals surface area contributed by atoms with Crippen LogP contribution >= 0.6 is 0 Å². The quantitative estimate of drug-likeness (QED) is 0.607. The molecule has 1 fully saturated rings. The van der Waals surface area contributed by atoms with E-state index in [-0.39, 0.29) is 6.61 Å². The van der Waals surface area contributed by atoms with Gasteiger partial charge in [0, 0.05) is 18.3 Å². The lowest BCUT2D eigenvalue weighted by molar-refractivity contribution is 0.133. The maximum Gasteiger partial charge on any atom is 0.119 e. The SMILES string of the molecule is CC1CCN(CCCOc2ccc(N)cc2)C1CO. The molecule has 19 heavy (non-hydrogen) atoms. The van der Waals surface area contributed by atoms with Gasteiger partial charge in [0.2, 0.25) is 0 Å². The Morgan fingerprint density at radius 2 is 2.11 bits per heavy atom. The molecule has 106 valence electrons. The molecule has 2 rings (SSSR count). The van der Waals surface area contributed by atoms with E-state index >= 15 is 0 Å². The molecule has 0 radical (unpaired) electrons. The molecule has 0 amide bonds. The number of likely N-dealkylation sites (tertiary alicyclic amines) is 1. The molecule has 1 aromatic rings. The van der Waals surface area contributed by atoms with Crippen molar-refractivity contribution in [2.75, 3.05) is 32.0 Å². The van der Waals surface area contributed by atoms with Gasteiger partial charge in [-0.25, -0.2) is 0 Å². The van der Waals surface area contributed by atoms with E-state index in [1.807, 2.05) is 24.3 Å². The Balaban J connectivity index is 1.68. The van der Waals surface area contributed by atoms with E-state index in [0.717, 1.165) is 30.9 Å². The molecule has 4 heteroatoms. The molecule has 1 aliphatic heterocycles. The maximum atomic E-state index is 9.38. The van der Waals surface area contributed by atoms with Crippen molar-refractivity contribution in [1.82, 2.24) is 4.90 Å². The second kappa shape index (κ2) is 6.78. The fourth-order valence-corrected chi connectivity index (χ4v) is 2.68. The Labute approximate surface area is 115 Å². The fraction of sp³-hybridized carbons (Fsp3) is 0.600. The van der Waals surface area contributed by atoms with Crippen LogP contribution in [0, 0.1) is 5.92 Å². The van der Waals surface area contributed by atoms with Crippen molar-refractivity contribution in [3.05, 3.63) is 24.3 Å². The second-order valence-corrected chi connectivity index (χ2v) is 5.32. The minimum atomic E-state index is 0.264. The highest BCUT2D eigenvalue weighted by molar-refractivity contribution is 5.41. The summed E-state index contributed by atoms with van der Waals surface area (Å²) in [5, 5.41) is 9.38. The number of ether oxygens (including phenoxy) is 1. The van der Waals surface area contributed by atoms with Crippen LogP contribution in [0.5, 0.6) is 5.75 Å². The van der Waals surface area contributed by atoms with Gasteiger partial charge < -0.3 is 15.6 Å². The van der Waals surface area contributed by atoms with Crippen LogP contribution in [0.4, 0.5) is 5.69 Å². The van der Waals surface area contributed by atoms with E-state index < -0.39 is 0 Å². The molecule has 0 aromatic heterocycles. The number of rotatable bonds is 6. The second-order valence-electron chi connectivity index (χ2n) is 5.32. The highest BCUT2D eigenvalue weighted by Crippen LogP contribution is 2.23. The van der Waals surface area contributed by atoms with Crippen LogP contribution in [0.25, 0.3) is 0 Å². The van der Waals surface area contributed by atoms with E-state index in [2.05, 4.69) is 11.8 Å². The summed E-state index contributed by atoms with van der Waals surface area (Å²) in [5.41, 5.74) is 6.38. The third-order valence-corrected chi connectivity index (χ3v) is 3.92. The van der Waals surface area contributed by atoms with E-state index in [0.29, 0.717) is 18.6 Å². The molecule has 0 bridgehead atoms. The van der Waals surface area contributed by atoms with Crippen LogP contribution < -0.4 is 10.5 Å². The van der Waals surface area contributed by atoms with Gasteiger partial charge in [0.1, 0.15) is 5.75 Å². The lowest BCUT2D eigenvalue weighted by Gasteiger charge is -2.24. The fourth-order valence-electron chi connectivity index (χ4n) is 2.68. The summed E-state index contributed by atoms with van der Waals surface area (Å²) >= 11 is 0. The van der Waals surface area contributed by atoms with Crippen molar-refractivity contribution in [1.29, 1.82) is 0 Å². The van der Waals surface area contributed by atoms with E-state index in [9.17, 15) is 5.11 Å². The summed E-state index contributed by atoms with van der Waals surface area (Å²) in [7, 11) is 0. The van der Waals surface area contributed by atoms with E-state index in [1.54, 1.807) is 0 Å². The van der Waals surface area contributed by atoms with Crippen molar-refractivity contribution >= 4 is 5.69 Å². The largest absolute Gasteiger partial charge is 0.494 e. The summed E-state index contributed by atoms with van der Waals surface area (Å²) in [6.45, 7) is 5.26. The van der Waals surface area contributed by atoms with Gasteiger partial charge in [0.05, 0.1) is 13.2 Å². The minimum Gasteiger partial charge on any atom is -0.494 e. The zero-order chi connectivity index (χ0) is 13.7. The lowest BCUT2D eigenvalue weighted by Crippen LogP contribution is -2.36. The third-order valence-electron chi connectivity index (χ3n) is 3.92. The van der Waals surface area contributed by atoms with Gasteiger partial charge >= 0.3 is 0 Å². The number of hydrogen-bond donors (Lipinski definition) is 2. The molecule has 1 saturated heterocycles. The van der Waals surface area contributed by atoms with Crippen LogP contribution in [0.2, 0.25) is 0 Å². The Morgan fingerprint density at radius 1 is 1.37 bits per heavy atom. The predicted molar refractivity (Wildman–Crippen MR) is 77.2 cm³/mol. The highest BCUT2D eigenvalue weighted by Gasteiger charge is 2.29. The maximum absolute atomic E-state index is 9.38. The summed E-state index contributed by atoms with van der Waals surface area (Å²) in [5.74, 6) is 1.46. The summed E-state index contributed by atoms with van der Waals surface area (Å²) in [6, 6.07) is 7.81. The Hall–Kier alpha value is -1.26. The van der Waals surface area contributed by atoms with Gasteiger partial charge in [-0.3, -0.25) is 4.90 Å². The molecule has 3 N–H and O–H groups in total. The zero-order valence-corrected chi connectivity index (χ0v) is 11.6. The number of nitrogen functional groups attached to an aromatic ring is 1. The topological polar surface area (TPSA) is 58.7 Å². The number of aliphatic hydroxyl groups excluding tert-OH is 1. The monoisotopic (exact) mass is 264 g/mol. The summed E-state index contributed by atoms with van der Waals surface area (Å²) in [4.78, 5) is 2.37. The minimum absolute atomic E-state index is 0.264. The first kappa shape index (κ1) is 14.2. The van der Waals surface area contributed by atoms with E-state index in [4.69, 9.17) is 10.5 Å². The van der Waals surface area contributed by atoms with Gasteiger partial charge in [0.25, 0.3) is 0 Å². The Bertz CT molecular complexity index is 380. The van der Waals surface area contributed by atoms with Crippen LogP contribution in [0.3, 0.4) is 0 Å². The van der Waals surface area contributed by atoms with Crippen LogP contribution in [0.1, 0.15) is 19.8 Å². The molecule has 0 aliphatic carbocycles. The Kier molecular flexibility index (Phi) is 5.05. The summed E-state index contributed by atoms with van der Waals surface area (Å²) in [6.07, 6.45) is 2.16. The van der Waals surface area contributed by atoms with Gasteiger partial charge in [-0.1, -0.05) is 6.92 Å². The van der Waals surface area contributed by atoms with Crippen molar-refractivity contribution in [2.24, 2.45) is 5.92 Å². The lowest BCUT2D eigenvalue weighted by atomic mass is 10.0. The first-order valence-corrected chi connectivity index (χ1v) is 7.04. The first-order chi connectivity index (χ1) is 9.20. The van der Waals surface area contributed by atoms with Crippen molar-refractivity contribution in [2.45, 2.75) is 25.8 Å². The Morgan fingerprint density at radius 3 is 2.79 bits per heavy atom. The molecular weight excluding hydrogens is 240 g/mol. The molecule has 2 atom stereocenters. The number of nitrogens with zero attached hydrogens (tertiary/aromatic N) is 1. The number of aliphatic hydroxyl groups is 1. The third kappa shape index (κ3) is 3.85. The highest BCUT2D eigenvalue weighted by atomic mass is 16.5. The van der Waals surface area contributed by atoms with Gasteiger partial charge in [-0.05, 0) is 49.6 Å². The first-order valence-electron chi connectivity index (χ1n) is 7.04. The number of nitrogens with two attached hydrogens (primary N) is 1. The number of benzene rings is 1. The smallest absolute Gasteiger partial charge is 0.119 e. The molecule has 4 nitrogen and oxygen atoms in total. The summed E-state index contributed by atoms with van der Waals surface area (Å²) < 4.78 is 5.67. The van der Waals surface area contributed by atoms with Gasteiger partial charge in [-0.15, -0.1) is 0 Å². The zero-order valence-electron chi connectivity index (χ0n) is 11.6. The van der Waals surface area contributed by atoms with Crippen molar-refractivity contribution in [3.63, 3.8) is 0 Å². The number of hydrogen-bond acceptors (Lipinski definition) is 4. The normalized spacial score (nSPS) is 23.7. The molecule has 1 aliphatic rings. The van der Waals surface area contributed by atoms with Gasteiger partial charge in [0.15, 0.2) is 0 Å². The van der Waals surface area contributed by atoms with Crippen LogP contribution in [-0.4, -0.2) is 42.4 Å². The number of anilines is 1. The van der Waals surface area contributed by atoms with Crippen LogP contribution in [-0.2, 0) is 0 Å². The van der Waals surface area contributed by atoms with Crippen molar-refractivity contribution in [3.8, 4) is 5.75 Å². The average molecular weight is 264 g/mol. The predicted octanol–water partition coefficient (Wildman–Crippen LogP) is 1.74. The molecule has 0 spiro atoms. The molecule has 1 aromatic carbocycles. The molecular formula is C15H24N2O2.